The molecule has 0 spiro atoms. The van der Waals surface area contributed by atoms with Gasteiger partial charge in [-0.25, -0.2) is 0 Å². The first-order valence-electron chi connectivity index (χ1n) is 5.76. The fourth-order valence-corrected chi connectivity index (χ4v) is 1.78. The van der Waals surface area contributed by atoms with Crippen molar-refractivity contribution in [2.75, 3.05) is 6.61 Å². The van der Waals surface area contributed by atoms with Gasteiger partial charge in [0.15, 0.2) is 11.5 Å². The van der Waals surface area contributed by atoms with Gasteiger partial charge in [0.1, 0.15) is 0 Å². The van der Waals surface area contributed by atoms with E-state index in [-0.39, 0.29) is 5.78 Å². The lowest BCUT2D eigenvalue weighted by molar-refractivity contribution is -0.119. The van der Waals surface area contributed by atoms with Gasteiger partial charge < -0.3 is 4.74 Å². The van der Waals surface area contributed by atoms with E-state index < -0.39 is 0 Å². The van der Waals surface area contributed by atoms with E-state index in [9.17, 15) is 4.79 Å². The maximum atomic E-state index is 11.8. The van der Waals surface area contributed by atoms with Crippen LogP contribution < -0.4 is 0 Å². The summed E-state index contributed by atoms with van der Waals surface area (Å²) in [5.41, 5.74) is 1.20. The number of carbonyl (C=O) groups is 1. The summed E-state index contributed by atoms with van der Waals surface area (Å²) in [6.07, 6.45) is 5.23. The van der Waals surface area contributed by atoms with E-state index in [4.69, 9.17) is 4.74 Å². The summed E-state index contributed by atoms with van der Waals surface area (Å²) in [5, 5.41) is 0. The van der Waals surface area contributed by atoms with Crippen molar-refractivity contribution in [2.45, 2.75) is 25.7 Å². The summed E-state index contributed by atoms with van der Waals surface area (Å²) in [4.78, 5) is 11.8. The molecule has 0 aliphatic carbocycles. The molecule has 2 nitrogen and oxygen atoms in total. The van der Waals surface area contributed by atoms with Crippen LogP contribution in [-0.4, -0.2) is 12.4 Å². The van der Waals surface area contributed by atoms with E-state index in [0.29, 0.717) is 18.8 Å². The Morgan fingerprint density at radius 1 is 1.25 bits per heavy atom. The third kappa shape index (κ3) is 2.96. The molecule has 0 saturated carbocycles. The summed E-state index contributed by atoms with van der Waals surface area (Å²) in [7, 11) is 0. The predicted molar refractivity (Wildman–Crippen MR) is 63.0 cm³/mol. The van der Waals surface area contributed by atoms with E-state index >= 15 is 0 Å². The topological polar surface area (TPSA) is 26.3 Å². The van der Waals surface area contributed by atoms with Crippen molar-refractivity contribution >= 4 is 5.78 Å². The molecule has 0 aromatic heterocycles. The van der Waals surface area contributed by atoms with Gasteiger partial charge in [-0.05, 0) is 30.9 Å². The van der Waals surface area contributed by atoms with Gasteiger partial charge in [-0.1, -0.05) is 30.3 Å². The van der Waals surface area contributed by atoms with Crippen molar-refractivity contribution in [3.63, 3.8) is 0 Å². The molecule has 0 atom stereocenters. The van der Waals surface area contributed by atoms with E-state index in [1.165, 1.54) is 5.56 Å². The fourth-order valence-electron chi connectivity index (χ4n) is 1.78. The molecule has 0 unspecified atom stereocenters. The zero-order valence-corrected chi connectivity index (χ0v) is 9.32. The van der Waals surface area contributed by atoms with E-state index in [1.807, 2.05) is 36.4 Å². The number of ketones is 1. The average Bonchev–Trinajstić information content (AvgIpc) is 2.38. The Morgan fingerprint density at radius 3 is 2.75 bits per heavy atom. The number of Topliss-reactive ketones (excluding diaryl/α,β-unsaturated/α-hetero) is 1. The van der Waals surface area contributed by atoms with Gasteiger partial charge in [-0.2, -0.15) is 0 Å². The van der Waals surface area contributed by atoms with Crippen molar-refractivity contribution in [3.8, 4) is 0 Å². The highest BCUT2D eigenvalue weighted by atomic mass is 16.5. The van der Waals surface area contributed by atoms with Gasteiger partial charge >= 0.3 is 0 Å². The molecule has 0 radical (unpaired) electrons. The fraction of sp³-hybridized carbons (Fsp3) is 0.357. The van der Waals surface area contributed by atoms with Gasteiger partial charge in [0.2, 0.25) is 0 Å². The van der Waals surface area contributed by atoms with Gasteiger partial charge in [-0.15, -0.1) is 0 Å². The average molecular weight is 216 g/mol. The van der Waals surface area contributed by atoms with Crippen LogP contribution in [0.5, 0.6) is 0 Å². The Bertz CT molecular complexity index is 379. The van der Waals surface area contributed by atoms with Crippen LogP contribution in [0, 0.1) is 0 Å². The minimum atomic E-state index is 0.128. The van der Waals surface area contributed by atoms with Crippen LogP contribution in [-0.2, 0) is 16.0 Å². The number of carbonyl (C=O) groups excluding carboxylic acids is 1. The van der Waals surface area contributed by atoms with Gasteiger partial charge in [0, 0.05) is 6.42 Å². The Morgan fingerprint density at radius 2 is 2.06 bits per heavy atom. The SMILES string of the molecule is O=C(CCc1ccccc1)C1=CCCCO1. The molecular formula is C14H16O2. The Balaban J connectivity index is 1.86. The number of ether oxygens (including phenoxy) is 1. The second kappa shape index (κ2) is 5.50. The second-order valence-electron chi connectivity index (χ2n) is 3.97. The molecule has 0 amide bonds. The van der Waals surface area contributed by atoms with Gasteiger partial charge in [0.25, 0.3) is 0 Å². The third-order valence-electron chi connectivity index (χ3n) is 2.69. The van der Waals surface area contributed by atoms with Gasteiger partial charge in [-0.3, -0.25) is 4.79 Å². The standard InChI is InChI=1S/C14H16O2/c15-13(14-8-4-5-11-16-14)10-9-12-6-2-1-3-7-12/h1-3,6-8H,4-5,9-11H2. The molecule has 0 fully saturated rings. The molecule has 2 rings (SSSR count). The molecule has 1 aliphatic rings. The van der Waals surface area contributed by atoms with Crippen LogP contribution in [0.1, 0.15) is 24.8 Å². The molecule has 1 heterocycles. The van der Waals surface area contributed by atoms with Crippen LogP contribution in [0.3, 0.4) is 0 Å². The summed E-state index contributed by atoms with van der Waals surface area (Å²) >= 11 is 0. The lowest BCUT2D eigenvalue weighted by Gasteiger charge is -2.13. The normalized spacial score (nSPS) is 15.1. The predicted octanol–water partition coefficient (Wildman–Crippen LogP) is 2.88. The number of aryl methyl sites for hydroxylation is 1. The van der Waals surface area contributed by atoms with Crippen molar-refractivity contribution in [3.05, 3.63) is 47.7 Å². The number of hydrogen-bond donors (Lipinski definition) is 0. The van der Waals surface area contributed by atoms with Crippen LogP contribution in [0.15, 0.2) is 42.2 Å². The molecule has 1 aromatic rings. The molecule has 1 aromatic carbocycles. The summed E-state index contributed by atoms with van der Waals surface area (Å²) in [6.45, 7) is 0.683. The zero-order chi connectivity index (χ0) is 11.2. The molecule has 16 heavy (non-hydrogen) atoms. The third-order valence-corrected chi connectivity index (χ3v) is 2.69. The first-order valence-corrected chi connectivity index (χ1v) is 5.76. The molecule has 2 heteroatoms. The summed E-state index contributed by atoms with van der Waals surface area (Å²) in [5.74, 6) is 0.700. The first kappa shape index (κ1) is 10.9. The Hall–Kier alpha value is -1.57. The van der Waals surface area contributed by atoms with E-state index in [2.05, 4.69) is 0 Å². The molecule has 0 N–H and O–H groups in total. The largest absolute Gasteiger partial charge is 0.490 e. The van der Waals surface area contributed by atoms with E-state index in [1.54, 1.807) is 0 Å². The zero-order valence-electron chi connectivity index (χ0n) is 9.32. The Kier molecular flexibility index (Phi) is 3.76. The van der Waals surface area contributed by atoms with Crippen LogP contribution in [0.4, 0.5) is 0 Å². The lowest BCUT2D eigenvalue weighted by Crippen LogP contribution is -2.11. The van der Waals surface area contributed by atoms with E-state index in [0.717, 1.165) is 19.3 Å². The minimum absolute atomic E-state index is 0.128. The summed E-state index contributed by atoms with van der Waals surface area (Å²) < 4.78 is 5.34. The van der Waals surface area contributed by atoms with Crippen molar-refractivity contribution in [2.24, 2.45) is 0 Å². The number of allylic oxidation sites excluding steroid dienone is 2. The highest BCUT2D eigenvalue weighted by Gasteiger charge is 2.13. The number of rotatable bonds is 4. The van der Waals surface area contributed by atoms with Crippen molar-refractivity contribution in [1.82, 2.24) is 0 Å². The molecule has 0 bridgehead atoms. The molecular weight excluding hydrogens is 200 g/mol. The smallest absolute Gasteiger partial charge is 0.197 e. The minimum Gasteiger partial charge on any atom is -0.490 e. The highest BCUT2D eigenvalue weighted by Crippen LogP contribution is 2.13. The summed E-state index contributed by atoms with van der Waals surface area (Å²) in [6, 6.07) is 10.1. The van der Waals surface area contributed by atoms with Crippen molar-refractivity contribution < 1.29 is 9.53 Å². The highest BCUT2D eigenvalue weighted by molar-refractivity contribution is 5.93. The maximum absolute atomic E-state index is 11.8. The molecule has 1 aliphatic heterocycles. The van der Waals surface area contributed by atoms with Crippen LogP contribution in [0.25, 0.3) is 0 Å². The molecule has 0 saturated heterocycles. The monoisotopic (exact) mass is 216 g/mol. The second-order valence-corrected chi connectivity index (χ2v) is 3.97. The maximum Gasteiger partial charge on any atom is 0.197 e. The number of hydrogen-bond acceptors (Lipinski definition) is 2. The number of benzene rings is 1. The van der Waals surface area contributed by atoms with Crippen molar-refractivity contribution in [1.29, 1.82) is 0 Å². The Labute approximate surface area is 95.9 Å². The van der Waals surface area contributed by atoms with Gasteiger partial charge in [0.05, 0.1) is 6.61 Å². The molecule has 84 valence electrons. The van der Waals surface area contributed by atoms with Crippen LogP contribution in [0.2, 0.25) is 0 Å². The quantitative estimate of drug-likeness (QED) is 0.773. The first-order chi connectivity index (χ1) is 7.86. The van der Waals surface area contributed by atoms with Crippen LogP contribution >= 0.6 is 0 Å². The lowest BCUT2D eigenvalue weighted by atomic mass is 10.1.